The Morgan fingerprint density at radius 1 is 1.22 bits per heavy atom. The molecule has 1 fully saturated rings. The highest BCUT2D eigenvalue weighted by Gasteiger charge is 2.27. The second-order valence-electron chi connectivity index (χ2n) is 6.90. The molecule has 0 aliphatic carbocycles. The molecule has 0 bridgehead atoms. The van der Waals surface area contributed by atoms with Gasteiger partial charge in [-0.15, -0.1) is 0 Å². The third-order valence-electron chi connectivity index (χ3n) is 4.83. The van der Waals surface area contributed by atoms with Crippen molar-refractivity contribution in [3.63, 3.8) is 0 Å². The zero-order valence-electron chi connectivity index (χ0n) is 16.0. The number of ether oxygens (including phenoxy) is 1. The first-order valence-electron chi connectivity index (χ1n) is 9.35. The average Bonchev–Trinajstić information content (AvgIpc) is 3.14. The van der Waals surface area contributed by atoms with Gasteiger partial charge in [0.25, 0.3) is 0 Å². The number of nitrogens with one attached hydrogen (secondary N) is 1. The SMILES string of the molecule is COCCn1cc(CNc2ccc(C)c(S(=O)(=O)N3CCCCC3)c2)cn1. The van der Waals surface area contributed by atoms with E-state index in [0.717, 1.165) is 36.1 Å². The van der Waals surface area contributed by atoms with Gasteiger partial charge in [-0.1, -0.05) is 12.5 Å². The molecule has 0 unspecified atom stereocenters. The number of aromatic nitrogens is 2. The van der Waals surface area contributed by atoms with E-state index in [9.17, 15) is 8.42 Å². The van der Waals surface area contributed by atoms with E-state index in [1.807, 2.05) is 36.1 Å². The lowest BCUT2D eigenvalue weighted by Crippen LogP contribution is -2.36. The molecule has 7 nitrogen and oxygen atoms in total. The van der Waals surface area contributed by atoms with Crippen LogP contribution in [0.4, 0.5) is 5.69 Å². The van der Waals surface area contributed by atoms with Crippen LogP contribution in [-0.2, 0) is 27.8 Å². The first kappa shape index (κ1) is 19.9. The minimum absolute atomic E-state index is 0.394. The van der Waals surface area contributed by atoms with Gasteiger partial charge in [0.1, 0.15) is 0 Å². The van der Waals surface area contributed by atoms with Gasteiger partial charge in [0, 0.05) is 44.2 Å². The maximum absolute atomic E-state index is 13.0. The van der Waals surface area contributed by atoms with Crippen molar-refractivity contribution in [1.29, 1.82) is 0 Å². The summed E-state index contributed by atoms with van der Waals surface area (Å²) < 4.78 is 34.5. The molecule has 1 saturated heterocycles. The number of hydrogen-bond acceptors (Lipinski definition) is 5. The third-order valence-corrected chi connectivity index (χ3v) is 6.87. The van der Waals surface area contributed by atoms with Gasteiger partial charge >= 0.3 is 0 Å². The van der Waals surface area contributed by atoms with Crippen molar-refractivity contribution < 1.29 is 13.2 Å². The van der Waals surface area contributed by atoms with Crippen LogP contribution in [0.2, 0.25) is 0 Å². The zero-order chi connectivity index (χ0) is 19.3. The van der Waals surface area contributed by atoms with Gasteiger partial charge in [-0.3, -0.25) is 4.68 Å². The molecule has 0 radical (unpaired) electrons. The number of nitrogens with zero attached hydrogens (tertiary/aromatic N) is 3. The summed E-state index contributed by atoms with van der Waals surface area (Å²) in [6.45, 7) is 4.98. The van der Waals surface area contributed by atoms with Crippen molar-refractivity contribution in [2.24, 2.45) is 0 Å². The number of aryl methyl sites for hydroxylation is 1. The van der Waals surface area contributed by atoms with Crippen LogP contribution in [0.1, 0.15) is 30.4 Å². The molecule has 27 heavy (non-hydrogen) atoms. The fourth-order valence-corrected chi connectivity index (χ4v) is 5.01. The summed E-state index contributed by atoms with van der Waals surface area (Å²) in [7, 11) is -1.78. The topological polar surface area (TPSA) is 76.5 Å². The molecular formula is C19H28N4O3S. The summed E-state index contributed by atoms with van der Waals surface area (Å²) in [5.74, 6) is 0. The summed E-state index contributed by atoms with van der Waals surface area (Å²) >= 11 is 0. The number of hydrogen-bond donors (Lipinski definition) is 1. The fraction of sp³-hybridized carbons (Fsp3) is 0.526. The van der Waals surface area contributed by atoms with E-state index in [0.29, 0.717) is 37.7 Å². The maximum atomic E-state index is 13.0. The standard InChI is InChI=1S/C19H28N4O3S/c1-16-6-7-18(20-13-17-14-21-22(15-17)10-11-26-2)12-19(16)27(24,25)23-8-4-3-5-9-23/h6-7,12,14-15,20H,3-5,8-11,13H2,1-2H3. The lowest BCUT2D eigenvalue weighted by molar-refractivity contribution is 0.183. The molecule has 1 N–H and O–H groups in total. The smallest absolute Gasteiger partial charge is 0.243 e. The minimum atomic E-state index is -3.44. The summed E-state index contributed by atoms with van der Waals surface area (Å²) in [6.07, 6.45) is 6.74. The second-order valence-corrected chi connectivity index (χ2v) is 8.81. The Balaban J connectivity index is 1.70. The van der Waals surface area contributed by atoms with Crippen molar-refractivity contribution in [3.8, 4) is 0 Å². The largest absolute Gasteiger partial charge is 0.383 e. The van der Waals surface area contributed by atoms with Crippen LogP contribution in [0.3, 0.4) is 0 Å². The molecule has 2 heterocycles. The minimum Gasteiger partial charge on any atom is -0.383 e. The molecular weight excluding hydrogens is 364 g/mol. The normalized spacial score (nSPS) is 15.8. The molecule has 3 rings (SSSR count). The summed E-state index contributed by atoms with van der Waals surface area (Å²) in [6, 6.07) is 5.52. The molecule has 0 amide bonds. The lowest BCUT2D eigenvalue weighted by Gasteiger charge is -2.26. The van der Waals surface area contributed by atoms with Crippen LogP contribution < -0.4 is 5.32 Å². The first-order chi connectivity index (χ1) is 13.0. The Morgan fingerprint density at radius 3 is 2.74 bits per heavy atom. The van der Waals surface area contributed by atoms with Crippen LogP contribution in [-0.4, -0.2) is 49.3 Å². The lowest BCUT2D eigenvalue weighted by atomic mass is 10.2. The molecule has 0 atom stereocenters. The molecule has 1 aliphatic rings. The zero-order valence-corrected chi connectivity index (χ0v) is 16.8. The third kappa shape index (κ3) is 4.88. The van der Waals surface area contributed by atoms with Gasteiger partial charge in [-0.2, -0.15) is 9.40 Å². The molecule has 2 aromatic rings. The highest BCUT2D eigenvalue weighted by Crippen LogP contribution is 2.26. The van der Waals surface area contributed by atoms with Crippen molar-refractivity contribution in [2.75, 3.05) is 32.1 Å². The van der Waals surface area contributed by atoms with Gasteiger partial charge in [-0.05, 0) is 37.5 Å². The van der Waals surface area contributed by atoms with Gasteiger partial charge in [0.15, 0.2) is 0 Å². The van der Waals surface area contributed by atoms with Crippen LogP contribution in [0.5, 0.6) is 0 Å². The van der Waals surface area contributed by atoms with Gasteiger partial charge in [0.05, 0.1) is 24.2 Å². The van der Waals surface area contributed by atoms with Gasteiger partial charge in [-0.25, -0.2) is 8.42 Å². The molecule has 1 aromatic heterocycles. The van der Waals surface area contributed by atoms with Crippen LogP contribution in [0.15, 0.2) is 35.5 Å². The number of anilines is 1. The Kier molecular flexibility index (Phi) is 6.51. The van der Waals surface area contributed by atoms with Gasteiger partial charge in [0.2, 0.25) is 10.0 Å². The van der Waals surface area contributed by atoms with Crippen LogP contribution >= 0.6 is 0 Å². The fourth-order valence-electron chi connectivity index (χ4n) is 3.24. The van der Waals surface area contributed by atoms with Crippen molar-refractivity contribution >= 4 is 15.7 Å². The molecule has 1 aromatic carbocycles. The molecule has 1 aliphatic heterocycles. The Labute approximate surface area is 161 Å². The van der Waals surface area contributed by atoms with Crippen molar-refractivity contribution in [2.45, 2.75) is 44.2 Å². The number of benzene rings is 1. The van der Waals surface area contributed by atoms with E-state index in [2.05, 4.69) is 10.4 Å². The Hall–Kier alpha value is -1.90. The molecule has 0 spiro atoms. The van der Waals surface area contributed by atoms with E-state index < -0.39 is 10.0 Å². The molecule has 0 saturated carbocycles. The van der Waals surface area contributed by atoms with E-state index in [1.165, 1.54) is 0 Å². The quantitative estimate of drug-likeness (QED) is 0.747. The summed E-state index contributed by atoms with van der Waals surface area (Å²) in [5.41, 5.74) is 2.60. The number of sulfonamides is 1. The van der Waals surface area contributed by atoms with E-state index in [1.54, 1.807) is 17.5 Å². The second kappa shape index (κ2) is 8.86. The van der Waals surface area contributed by atoms with E-state index in [-0.39, 0.29) is 0 Å². The molecule has 148 valence electrons. The summed E-state index contributed by atoms with van der Waals surface area (Å²) in [4.78, 5) is 0.394. The average molecular weight is 393 g/mol. The van der Waals surface area contributed by atoms with Crippen LogP contribution in [0, 0.1) is 6.92 Å². The van der Waals surface area contributed by atoms with Gasteiger partial charge < -0.3 is 10.1 Å². The Bertz CT molecular complexity index is 858. The number of rotatable bonds is 8. The monoisotopic (exact) mass is 392 g/mol. The number of methoxy groups -OCH3 is 1. The highest BCUT2D eigenvalue weighted by atomic mass is 32.2. The maximum Gasteiger partial charge on any atom is 0.243 e. The first-order valence-corrected chi connectivity index (χ1v) is 10.8. The number of piperidine rings is 1. The van der Waals surface area contributed by atoms with Crippen molar-refractivity contribution in [1.82, 2.24) is 14.1 Å². The predicted molar refractivity (Wildman–Crippen MR) is 105 cm³/mol. The van der Waals surface area contributed by atoms with E-state index in [4.69, 9.17) is 4.74 Å². The Morgan fingerprint density at radius 2 is 2.00 bits per heavy atom. The summed E-state index contributed by atoms with van der Waals surface area (Å²) in [5, 5.41) is 7.60. The van der Waals surface area contributed by atoms with Crippen LogP contribution in [0.25, 0.3) is 0 Å². The van der Waals surface area contributed by atoms with Crippen molar-refractivity contribution in [3.05, 3.63) is 41.7 Å². The predicted octanol–water partition coefficient (Wildman–Crippen LogP) is 2.62. The molecule has 8 heteroatoms. The van der Waals surface area contributed by atoms with E-state index >= 15 is 0 Å². The highest BCUT2D eigenvalue weighted by molar-refractivity contribution is 7.89.